The van der Waals surface area contributed by atoms with Crippen molar-refractivity contribution in [1.29, 1.82) is 0 Å². The normalized spacial score (nSPS) is 16.8. The van der Waals surface area contributed by atoms with Crippen molar-refractivity contribution in [2.24, 2.45) is 0 Å². The molecule has 0 saturated carbocycles. The summed E-state index contributed by atoms with van der Waals surface area (Å²) in [4.78, 5) is 12.9. The van der Waals surface area contributed by atoms with Gasteiger partial charge in [0.05, 0.1) is 25.0 Å². The molecule has 3 rings (SSSR count). The molecule has 124 valence electrons. The number of hydrogen-bond donors (Lipinski definition) is 1. The van der Waals surface area contributed by atoms with E-state index in [1.165, 1.54) is 10.9 Å². The lowest BCUT2D eigenvalue weighted by Crippen LogP contribution is -2.26. The number of amides is 1. The van der Waals surface area contributed by atoms with E-state index in [0.717, 1.165) is 17.0 Å². The van der Waals surface area contributed by atoms with Gasteiger partial charge in [-0.2, -0.15) is 0 Å². The van der Waals surface area contributed by atoms with Crippen LogP contribution < -0.4 is 4.90 Å². The molecular weight excluding hydrogens is 310 g/mol. The van der Waals surface area contributed by atoms with Gasteiger partial charge in [-0.1, -0.05) is 19.1 Å². The second-order valence-electron chi connectivity index (χ2n) is 4.50. The van der Waals surface area contributed by atoms with Crippen LogP contribution in [0.15, 0.2) is 24.5 Å². The van der Waals surface area contributed by atoms with E-state index in [4.69, 9.17) is 9.84 Å². The minimum absolute atomic E-state index is 0.0195. The Balaban J connectivity index is 0.000000924. The van der Waals surface area contributed by atoms with Gasteiger partial charge in [-0.3, -0.25) is 4.90 Å². The molecule has 9 heteroatoms. The van der Waals surface area contributed by atoms with Crippen molar-refractivity contribution in [3.05, 3.63) is 36.2 Å². The van der Waals surface area contributed by atoms with Crippen LogP contribution >= 0.6 is 0 Å². The lowest BCUT2D eigenvalue weighted by atomic mass is 10.2. The van der Waals surface area contributed by atoms with Crippen LogP contribution in [-0.4, -0.2) is 38.8 Å². The number of phenols is 1. The SMILES string of the molecule is CC.O=C1OC(Cn2ccnn2)CN1c1cc(F)c(O)c(F)c1. The summed E-state index contributed by atoms with van der Waals surface area (Å²) >= 11 is 0. The van der Waals surface area contributed by atoms with Crippen LogP contribution in [0.1, 0.15) is 13.8 Å². The molecule has 23 heavy (non-hydrogen) atoms. The molecule has 1 aliphatic heterocycles. The first kappa shape index (κ1) is 16.7. The number of carbonyl (C=O) groups excluding carboxylic acids is 1. The number of halogens is 2. The summed E-state index contributed by atoms with van der Waals surface area (Å²) in [5.41, 5.74) is -0.0195. The van der Waals surface area contributed by atoms with E-state index in [1.807, 2.05) is 13.8 Å². The van der Waals surface area contributed by atoms with Crippen LogP contribution in [0.2, 0.25) is 0 Å². The van der Waals surface area contributed by atoms with E-state index in [-0.39, 0.29) is 18.8 Å². The summed E-state index contributed by atoms with van der Waals surface area (Å²) in [5.74, 6) is -3.36. The van der Waals surface area contributed by atoms with E-state index in [1.54, 1.807) is 6.20 Å². The lowest BCUT2D eigenvalue weighted by Gasteiger charge is -2.13. The quantitative estimate of drug-likeness (QED) is 0.936. The monoisotopic (exact) mass is 326 g/mol. The highest BCUT2D eigenvalue weighted by molar-refractivity contribution is 5.89. The van der Waals surface area contributed by atoms with Crippen LogP contribution in [0.25, 0.3) is 0 Å². The Hall–Kier alpha value is -2.71. The summed E-state index contributed by atoms with van der Waals surface area (Å²) in [6, 6.07) is 1.75. The van der Waals surface area contributed by atoms with E-state index >= 15 is 0 Å². The standard InChI is InChI=1S/C12H10F2N4O3.C2H6/c13-9-3-7(4-10(14)11(9)19)18-6-8(21-12(18)20)5-17-2-1-15-16-17;1-2/h1-4,8,19H,5-6H2;1-2H3. The van der Waals surface area contributed by atoms with Crippen molar-refractivity contribution < 1.29 is 23.4 Å². The fraction of sp³-hybridized carbons (Fsp3) is 0.357. The van der Waals surface area contributed by atoms with Gasteiger partial charge in [0.2, 0.25) is 0 Å². The largest absolute Gasteiger partial charge is 0.503 e. The minimum Gasteiger partial charge on any atom is -0.503 e. The van der Waals surface area contributed by atoms with Crippen molar-refractivity contribution in [2.45, 2.75) is 26.5 Å². The second-order valence-corrected chi connectivity index (χ2v) is 4.50. The number of rotatable bonds is 3. The maximum atomic E-state index is 13.3. The fourth-order valence-corrected chi connectivity index (χ4v) is 2.07. The smallest absolute Gasteiger partial charge is 0.414 e. The molecule has 7 nitrogen and oxygen atoms in total. The van der Waals surface area contributed by atoms with Gasteiger partial charge in [0.25, 0.3) is 0 Å². The Labute approximate surface area is 131 Å². The number of aromatic hydroxyl groups is 1. The second kappa shape index (κ2) is 7.03. The first-order valence-corrected chi connectivity index (χ1v) is 7.05. The number of cyclic esters (lactones) is 1. The van der Waals surface area contributed by atoms with Gasteiger partial charge >= 0.3 is 6.09 Å². The Morgan fingerprint density at radius 2 is 2.00 bits per heavy atom. The van der Waals surface area contributed by atoms with Crippen molar-refractivity contribution in [2.75, 3.05) is 11.4 Å². The highest BCUT2D eigenvalue weighted by Crippen LogP contribution is 2.29. The minimum atomic E-state index is -1.14. The predicted octanol–water partition coefficient (Wildman–Crippen LogP) is 2.31. The van der Waals surface area contributed by atoms with Crippen molar-refractivity contribution >= 4 is 11.8 Å². The van der Waals surface area contributed by atoms with Crippen molar-refractivity contribution in [1.82, 2.24) is 15.0 Å². The van der Waals surface area contributed by atoms with Gasteiger partial charge in [-0.05, 0) is 0 Å². The van der Waals surface area contributed by atoms with E-state index in [9.17, 15) is 13.6 Å². The molecule has 1 amide bonds. The zero-order chi connectivity index (χ0) is 17.0. The van der Waals surface area contributed by atoms with Gasteiger partial charge in [0.15, 0.2) is 17.4 Å². The number of hydrogen-bond acceptors (Lipinski definition) is 5. The third-order valence-corrected chi connectivity index (χ3v) is 3.05. The molecule has 1 atom stereocenters. The maximum absolute atomic E-state index is 13.3. The summed E-state index contributed by atoms with van der Waals surface area (Å²) in [6.45, 7) is 4.40. The lowest BCUT2D eigenvalue weighted by molar-refractivity contribution is 0.129. The molecule has 1 saturated heterocycles. The van der Waals surface area contributed by atoms with Crippen molar-refractivity contribution in [3.63, 3.8) is 0 Å². The Morgan fingerprint density at radius 1 is 1.35 bits per heavy atom. The zero-order valence-corrected chi connectivity index (χ0v) is 12.6. The number of benzene rings is 1. The average Bonchev–Trinajstić information content (AvgIpc) is 3.16. The van der Waals surface area contributed by atoms with E-state index in [0.29, 0.717) is 0 Å². The van der Waals surface area contributed by atoms with Gasteiger partial charge < -0.3 is 9.84 Å². The Bertz CT molecular complexity index is 656. The third kappa shape index (κ3) is 3.55. The highest BCUT2D eigenvalue weighted by Gasteiger charge is 2.33. The first-order chi connectivity index (χ1) is 11.0. The fourth-order valence-electron chi connectivity index (χ4n) is 2.07. The van der Waals surface area contributed by atoms with Crippen molar-refractivity contribution in [3.8, 4) is 5.75 Å². The predicted molar refractivity (Wildman–Crippen MR) is 77.0 cm³/mol. The van der Waals surface area contributed by atoms with Gasteiger partial charge in [-0.15, -0.1) is 5.10 Å². The number of nitrogens with zero attached hydrogens (tertiary/aromatic N) is 4. The Kier molecular flexibility index (Phi) is 5.09. The zero-order valence-electron chi connectivity index (χ0n) is 12.6. The molecule has 0 aliphatic carbocycles. The van der Waals surface area contributed by atoms with E-state index < -0.39 is 29.6 Å². The molecule has 1 aromatic heterocycles. The summed E-state index contributed by atoms with van der Waals surface area (Å²) < 4.78 is 33.3. The molecule has 0 spiro atoms. The molecule has 1 N–H and O–H groups in total. The highest BCUT2D eigenvalue weighted by atomic mass is 19.1. The molecule has 1 aromatic carbocycles. The Morgan fingerprint density at radius 3 is 2.57 bits per heavy atom. The molecule has 0 radical (unpaired) electrons. The topological polar surface area (TPSA) is 80.5 Å². The number of phenolic OH excluding ortho intramolecular Hbond substituents is 1. The van der Waals surface area contributed by atoms with Gasteiger partial charge in [-0.25, -0.2) is 18.3 Å². The molecular formula is C14H16F2N4O3. The molecule has 0 bridgehead atoms. The summed E-state index contributed by atoms with van der Waals surface area (Å²) in [6.07, 6.45) is 1.86. The average molecular weight is 326 g/mol. The summed E-state index contributed by atoms with van der Waals surface area (Å²) in [5, 5.41) is 16.4. The molecule has 1 unspecified atom stereocenters. The van der Waals surface area contributed by atoms with Gasteiger partial charge in [0.1, 0.15) is 6.10 Å². The third-order valence-electron chi connectivity index (χ3n) is 3.05. The van der Waals surface area contributed by atoms with Crippen LogP contribution in [0.4, 0.5) is 19.3 Å². The molecule has 2 heterocycles. The summed E-state index contributed by atoms with van der Waals surface area (Å²) in [7, 11) is 0. The van der Waals surface area contributed by atoms with Crippen LogP contribution in [0.3, 0.4) is 0 Å². The number of anilines is 1. The van der Waals surface area contributed by atoms with Crippen LogP contribution in [0.5, 0.6) is 5.75 Å². The molecule has 1 aliphatic rings. The number of ether oxygens (including phenoxy) is 1. The number of aromatic nitrogens is 3. The van der Waals surface area contributed by atoms with E-state index in [2.05, 4.69) is 10.3 Å². The first-order valence-electron chi connectivity index (χ1n) is 7.05. The molecule has 1 fully saturated rings. The number of carbonyl (C=O) groups is 1. The van der Waals surface area contributed by atoms with Gasteiger partial charge in [0, 0.05) is 18.3 Å². The molecule has 2 aromatic rings. The van der Waals surface area contributed by atoms with Crippen LogP contribution in [0, 0.1) is 11.6 Å². The maximum Gasteiger partial charge on any atom is 0.414 e. The van der Waals surface area contributed by atoms with Crippen LogP contribution in [-0.2, 0) is 11.3 Å².